The average Bonchev–Trinajstić information content (AvgIpc) is 2.88. The molecule has 0 saturated heterocycles. The molecule has 0 aliphatic rings. The highest BCUT2D eigenvalue weighted by atomic mass is 16.5. The molecule has 1 aromatic carbocycles. The second-order valence-electron chi connectivity index (χ2n) is 5.90. The number of aryl methyl sites for hydroxylation is 2. The lowest BCUT2D eigenvalue weighted by Crippen LogP contribution is -2.43. The molecule has 6 nitrogen and oxygen atoms in total. The Bertz CT molecular complexity index is 635. The van der Waals surface area contributed by atoms with Crippen molar-refractivity contribution >= 4 is 6.03 Å². The fraction of sp³-hybridized carbons (Fsp3) is 0.444. The highest BCUT2D eigenvalue weighted by molar-refractivity contribution is 5.74. The van der Waals surface area contributed by atoms with Crippen molar-refractivity contribution < 1.29 is 14.1 Å². The number of methoxy groups -OCH3 is 1. The van der Waals surface area contributed by atoms with Crippen molar-refractivity contribution in [3.8, 4) is 0 Å². The molecule has 2 amide bonds. The summed E-state index contributed by atoms with van der Waals surface area (Å²) >= 11 is 0. The van der Waals surface area contributed by atoms with Crippen molar-refractivity contribution in [1.29, 1.82) is 0 Å². The van der Waals surface area contributed by atoms with Crippen molar-refractivity contribution in [3.63, 3.8) is 0 Å². The van der Waals surface area contributed by atoms with E-state index in [1.165, 1.54) is 0 Å². The minimum atomic E-state index is -0.216. The number of carbonyl (C=O) groups is 1. The van der Waals surface area contributed by atoms with Gasteiger partial charge in [-0.3, -0.25) is 0 Å². The number of benzene rings is 1. The number of nitrogens with zero attached hydrogens (tertiary/aromatic N) is 1. The number of amides is 2. The van der Waals surface area contributed by atoms with Crippen LogP contribution >= 0.6 is 0 Å². The molecule has 2 atom stereocenters. The summed E-state index contributed by atoms with van der Waals surface area (Å²) < 4.78 is 10.6. The molecule has 24 heavy (non-hydrogen) atoms. The molecule has 0 spiro atoms. The van der Waals surface area contributed by atoms with Gasteiger partial charge in [-0.05, 0) is 32.8 Å². The van der Waals surface area contributed by atoms with Crippen LogP contribution in [-0.4, -0.2) is 30.9 Å². The SMILES string of the molecule is CO[C@H](CNC(=O)N[C@@H](C)Cc1c(C)noc1C)c1ccccc1. The zero-order valence-electron chi connectivity index (χ0n) is 14.6. The third-order valence-corrected chi connectivity index (χ3v) is 3.97. The normalized spacial score (nSPS) is 13.3. The van der Waals surface area contributed by atoms with Gasteiger partial charge in [-0.25, -0.2) is 4.79 Å². The van der Waals surface area contributed by atoms with E-state index in [2.05, 4.69) is 15.8 Å². The van der Waals surface area contributed by atoms with Crippen LogP contribution in [-0.2, 0) is 11.2 Å². The number of carbonyl (C=O) groups excluding carboxylic acids is 1. The first-order chi connectivity index (χ1) is 11.5. The summed E-state index contributed by atoms with van der Waals surface area (Å²) in [5.41, 5.74) is 2.94. The van der Waals surface area contributed by atoms with E-state index >= 15 is 0 Å². The predicted octanol–water partition coefficient (Wildman–Crippen LogP) is 2.91. The molecule has 0 aliphatic carbocycles. The van der Waals surface area contributed by atoms with Crippen LogP contribution in [0.1, 0.15) is 35.6 Å². The Labute approximate surface area is 142 Å². The first-order valence-electron chi connectivity index (χ1n) is 8.05. The van der Waals surface area contributed by atoms with Gasteiger partial charge in [0.15, 0.2) is 0 Å². The summed E-state index contributed by atoms with van der Waals surface area (Å²) in [6.07, 6.45) is 0.510. The second kappa shape index (κ2) is 8.49. The summed E-state index contributed by atoms with van der Waals surface area (Å²) in [6, 6.07) is 9.57. The predicted molar refractivity (Wildman–Crippen MR) is 91.9 cm³/mol. The van der Waals surface area contributed by atoms with E-state index in [1.807, 2.05) is 51.1 Å². The number of rotatable bonds is 7. The van der Waals surface area contributed by atoms with E-state index in [0.29, 0.717) is 13.0 Å². The molecule has 0 fully saturated rings. The van der Waals surface area contributed by atoms with Crippen LogP contribution < -0.4 is 10.6 Å². The quantitative estimate of drug-likeness (QED) is 0.818. The zero-order valence-corrected chi connectivity index (χ0v) is 14.6. The molecular weight excluding hydrogens is 306 g/mol. The Morgan fingerprint density at radius 3 is 2.58 bits per heavy atom. The summed E-state index contributed by atoms with van der Waals surface area (Å²) in [5.74, 6) is 0.796. The number of aromatic nitrogens is 1. The third-order valence-electron chi connectivity index (χ3n) is 3.97. The van der Waals surface area contributed by atoms with Crippen LogP contribution in [0.3, 0.4) is 0 Å². The van der Waals surface area contributed by atoms with Crippen LogP contribution in [0.25, 0.3) is 0 Å². The number of nitrogens with one attached hydrogen (secondary N) is 2. The minimum absolute atomic E-state index is 0.0282. The molecule has 2 N–H and O–H groups in total. The van der Waals surface area contributed by atoms with E-state index in [9.17, 15) is 4.79 Å². The molecule has 0 bridgehead atoms. The van der Waals surface area contributed by atoms with Gasteiger partial charge in [0.05, 0.1) is 11.8 Å². The molecule has 6 heteroatoms. The lowest BCUT2D eigenvalue weighted by atomic mass is 10.1. The highest BCUT2D eigenvalue weighted by Crippen LogP contribution is 2.15. The van der Waals surface area contributed by atoms with Gasteiger partial charge in [-0.1, -0.05) is 35.5 Å². The van der Waals surface area contributed by atoms with E-state index in [1.54, 1.807) is 7.11 Å². The molecular formula is C18H25N3O3. The van der Waals surface area contributed by atoms with E-state index in [-0.39, 0.29) is 18.2 Å². The molecule has 2 rings (SSSR count). The molecule has 0 saturated carbocycles. The lowest BCUT2D eigenvalue weighted by molar-refractivity contribution is 0.104. The summed E-state index contributed by atoms with van der Waals surface area (Å²) in [4.78, 5) is 12.1. The maximum Gasteiger partial charge on any atom is 0.315 e. The molecule has 0 unspecified atom stereocenters. The van der Waals surface area contributed by atoms with Crippen molar-refractivity contribution in [2.24, 2.45) is 0 Å². The maximum atomic E-state index is 12.1. The van der Waals surface area contributed by atoms with Crippen LogP contribution in [0.5, 0.6) is 0 Å². The van der Waals surface area contributed by atoms with Gasteiger partial charge >= 0.3 is 6.03 Å². The van der Waals surface area contributed by atoms with E-state index in [4.69, 9.17) is 9.26 Å². The van der Waals surface area contributed by atoms with Crippen molar-refractivity contribution in [3.05, 3.63) is 52.9 Å². The highest BCUT2D eigenvalue weighted by Gasteiger charge is 2.16. The first kappa shape index (κ1) is 18.0. The molecule has 2 aromatic rings. The van der Waals surface area contributed by atoms with E-state index in [0.717, 1.165) is 22.6 Å². The Kier molecular flexibility index (Phi) is 6.37. The fourth-order valence-corrected chi connectivity index (χ4v) is 2.62. The van der Waals surface area contributed by atoms with Gasteiger partial charge in [0.1, 0.15) is 5.76 Å². The Balaban J connectivity index is 1.82. The number of ether oxygens (including phenoxy) is 1. The Hall–Kier alpha value is -2.34. The van der Waals surface area contributed by atoms with Crippen molar-refractivity contribution in [2.45, 2.75) is 39.3 Å². The van der Waals surface area contributed by atoms with Gasteiger partial charge in [-0.2, -0.15) is 0 Å². The van der Waals surface area contributed by atoms with Crippen molar-refractivity contribution in [2.75, 3.05) is 13.7 Å². The van der Waals surface area contributed by atoms with Gasteiger partial charge < -0.3 is 19.9 Å². The Morgan fingerprint density at radius 1 is 1.29 bits per heavy atom. The third kappa shape index (κ3) is 4.83. The number of urea groups is 1. The largest absolute Gasteiger partial charge is 0.375 e. The molecule has 1 aromatic heterocycles. The van der Waals surface area contributed by atoms with Gasteiger partial charge in [-0.15, -0.1) is 0 Å². The minimum Gasteiger partial charge on any atom is -0.375 e. The molecule has 1 heterocycles. The van der Waals surface area contributed by atoms with Crippen LogP contribution in [0.2, 0.25) is 0 Å². The van der Waals surface area contributed by atoms with Gasteiger partial charge in [0.25, 0.3) is 0 Å². The number of hydrogen-bond acceptors (Lipinski definition) is 4. The molecule has 130 valence electrons. The van der Waals surface area contributed by atoms with Gasteiger partial charge in [0.2, 0.25) is 0 Å². The first-order valence-corrected chi connectivity index (χ1v) is 8.05. The average molecular weight is 331 g/mol. The second-order valence-corrected chi connectivity index (χ2v) is 5.90. The topological polar surface area (TPSA) is 76.4 Å². The number of hydrogen-bond donors (Lipinski definition) is 2. The fourth-order valence-electron chi connectivity index (χ4n) is 2.62. The standard InChI is InChI=1S/C18H25N3O3/c1-12(10-16-13(2)21-24-14(16)3)20-18(22)19-11-17(23-4)15-8-6-5-7-9-15/h5-9,12,17H,10-11H2,1-4H3,(H2,19,20,22)/t12-,17+/m0/s1. The van der Waals surface area contributed by atoms with Crippen LogP contribution in [0.15, 0.2) is 34.9 Å². The van der Waals surface area contributed by atoms with E-state index < -0.39 is 0 Å². The summed E-state index contributed by atoms with van der Waals surface area (Å²) in [5, 5.41) is 9.72. The monoisotopic (exact) mass is 331 g/mol. The summed E-state index contributed by atoms with van der Waals surface area (Å²) in [7, 11) is 1.64. The van der Waals surface area contributed by atoms with Crippen molar-refractivity contribution in [1.82, 2.24) is 15.8 Å². The zero-order chi connectivity index (χ0) is 17.5. The molecule has 0 aliphatic heterocycles. The summed E-state index contributed by atoms with van der Waals surface area (Å²) in [6.45, 7) is 6.15. The Morgan fingerprint density at radius 2 is 2.00 bits per heavy atom. The van der Waals surface area contributed by atoms with Gasteiger partial charge in [0, 0.05) is 25.3 Å². The lowest BCUT2D eigenvalue weighted by Gasteiger charge is -2.18. The van der Waals surface area contributed by atoms with Crippen LogP contribution in [0, 0.1) is 13.8 Å². The maximum absolute atomic E-state index is 12.1. The smallest absolute Gasteiger partial charge is 0.315 e. The van der Waals surface area contributed by atoms with Crippen LogP contribution in [0.4, 0.5) is 4.79 Å². The molecule has 0 radical (unpaired) electrons.